The van der Waals surface area contributed by atoms with Gasteiger partial charge in [0, 0.05) is 25.6 Å². The van der Waals surface area contributed by atoms with Crippen molar-refractivity contribution in [2.24, 2.45) is 17.8 Å². The molecular weight excluding hydrogens is 314 g/mol. The van der Waals surface area contributed by atoms with E-state index >= 15 is 0 Å². The Kier molecular flexibility index (Phi) is 3.50. The van der Waals surface area contributed by atoms with E-state index in [1.807, 2.05) is 33.7 Å². The predicted molar refractivity (Wildman–Crippen MR) is 96.3 cm³/mol. The van der Waals surface area contributed by atoms with Crippen molar-refractivity contribution in [2.45, 2.75) is 44.6 Å². The third-order valence-electron chi connectivity index (χ3n) is 6.73. The zero-order valence-corrected chi connectivity index (χ0v) is 14.5. The Morgan fingerprint density at radius 1 is 1.12 bits per heavy atom. The van der Waals surface area contributed by atoms with E-state index in [0.29, 0.717) is 11.8 Å². The maximum absolute atomic E-state index is 12.6. The van der Waals surface area contributed by atoms with Gasteiger partial charge in [-0.3, -0.25) is 9.36 Å². The highest BCUT2D eigenvalue weighted by molar-refractivity contribution is 5.77. The lowest BCUT2D eigenvalue weighted by Crippen LogP contribution is -2.41. The standard InChI is InChI=1S/C20H25N3O2/c24-19(12-14-6-5-13-11-16(13)14)22-9-7-15(8-10-22)23-18-4-2-1-3-17(18)21-20(23)25/h1-4,13-16H,5-12H2,(H,21,25). The average molecular weight is 339 g/mol. The highest BCUT2D eigenvalue weighted by Crippen LogP contribution is 2.56. The van der Waals surface area contributed by atoms with E-state index in [-0.39, 0.29) is 11.7 Å². The van der Waals surface area contributed by atoms with Gasteiger partial charge in [-0.2, -0.15) is 0 Å². The molecule has 0 spiro atoms. The Bertz CT molecular complexity index is 859. The fraction of sp³-hybridized carbons (Fsp3) is 0.600. The van der Waals surface area contributed by atoms with Gasteiger partial charge in [-0.05, 0) is 62.0 Å². The summed E-state index contributed by atoms with van der Waals surface area (Å²) in [6.07, 6.45) is 6.44. The SMILES string of the molecule is O=C(CC1CCC2CC12)N1CCC(n2c(=O)[nH]c3ccccc32)CC1. The number of piperidine rings is 1. The Morgan fingerprint density at radius 2 is 1.92 bits per heavy atom. The van der Waals surface area contributed by atoms with Crippen molar-refractivity contribution in [1.29, 1.82) is 0 Å². The number of carbonyl (C=O) groups excluding carboxylic acids is 1. The van der Waals surface area contributed by atoms with Gasteiger partial charge in [0.2, 0.25) is 5.91 Å². The second kappa shape index (κ2) is 5.75. The minimum absolute atomic E-state index is 0.0308. The van der Waals surface area contributed by atoms with E-state index in [0.717, 1.165) is 55.2 Å². The summed E-state index contributed by atoms with van der Waals surface area (Å²) in [6, 6.07) is 8.04. The summed E-state index contributed by atoms with van der Waals surface area (Å²) in [5, 5.41) is 0. The first-order chi connectivity index (χ1) is 12.2. The maximum atomic E-state index is 12.6. The lowest BCUT2D eigenvalue weighted by Gasteiger charge is -2.33. The van der Waals surface area contributed by atoms with Crippen LogP contribution in [0.25, 0.3) is 11.0 Å². The number of H-pyrrole nitrogens is 1. The summed E-state index contributed by atoms with van der Waals surface area (Å²) in [7, 11) is 0. The summed E-state index contributed by atoms with van der Waals surface area (Å²) in [6.45, 7) is 1.55. The second-order valence-corrected chi connectivity index (χ2v) is 8.13. The summed E-state index contributed by atoms with van der Waals surface area (Å²) in [5.74, 6) is 2.78. The van der Waals surface area contributed by atoms with Gasteiger partial charge < -0.3 is 9.88 Å². The highest BCUT2D eigenvalue weighted by atomic mass is 16.2. The average Bonchev–Trinajstić information content (AvgIpc) is 3.19. The Morgan fingerprint density at radius 3 is 2.64 bits per heavy atom. The van der Waals surface area contributed by atoms with Crippen molar-refractivity contribution in [2.75, 3.05) is 13.1 Å². The zero-order valence-electron chi connectivity index (χ0n) is 14.5. The number of fused-ring (bicyclic) bond motifs is 2. The monoisotopic (exact) mass is 339 g/mol. The van der Waals surface area contributed by atoms with Gasteiger partial charge in [0.1, 0.15) is 0 Å². The van der Waals surface area contributed by atoms with Gasteiger partial charge in [-0.25, -0.2) is 4.79 Å². The number of amides is 1. The molecule has 0 bridgehead atoms. The van der Waals surface area contributed by atoms with Crippen LogP contribution in [0, 0.1) is 17.8 Å². The van der Waals surface area contributed by atoms with Crippen LogP contribution in [0.1, 0.15) is 44.6 Å². The number of carbonyl (C=O) groups is 1. The number of benzene rings is 1. The minimum Gasteiger partial charge on any atom is -0.343 e. The van der Waals surface area contributed by atoms with Crippen molar-refractivity contribution in [3.63, 3.8) is 0 Å². The van der Waals surface area contributed by atoms with E-state index in [2.05, 4.69) is 4.98 Å². The number of rotatable bonds is 3. The lowest BCUT2D eigenvalue weighted by atomic mass is 9.97. The summed E-state index contributed by atoms with van der Waals surface area (Å²) < 4.78 is 1.89. The van der Waals surface area contributed by atoms with Crippen LogP contribution in [0.2, 0.25) is 0 Å². The summed E-state index contributed by atoms with van der Waals surface area (Å²) >= 11 is 0. The number of nitrogens with one attached hydrogen (secondary N) is 1. The van der Waals surface area contributed by atoms with Crippen molar-refractivity contribution < 1.29 is 4.79 Å². The molecule has 5 rings (SSSR count). The largest absolute Gasteiger partial charge is 0.343 e. The molecule has 1 aromatic carbocycles. The van der Waals surface area contributed by atoms with Crippen molar-refractivity contribution >= 4 is 16.9 Å². The molecule has 132 valence electrons. The smallest absolute Gasteiger partial charge is 0.326 e. The van der Waals surface area contributed by atoms with E-state index in [1.165, 1.54) is 19.3 Å². The summed E-state index contributed by atoms with van der Waals surface area (Å²) in [4.78, 5) is 30.0. The third kappa shape index (κ3) is 2.60. The molecule has 2 aromatic rings. The number of hydrogen-bond donors (Lipinski definition) is 1. The third-order valence-corrected chi connectivity index (χ3v) is 6.73. The van der Waals surface area contributed by atoms with Crippen LogP contribution in [0.5, 0.6) is 0 Å². The molecule has 5 heteroatoms. The number of imidazole rings is 1. The van der Waals surface area contributed by atoms with Crippen LogP contribution in [-0.4, -0.2) is 33.4 Å². The number of hydrogen-bond acceptors (Lipinski definition) is 2. The quantitative estimate of drug-likeness (QED) is 0.935. The van der Waals surface area contributed by atoms with Crippen LogP contribution in [0.15, 0.2) is 29.1 Å². The number of nitrogens with zero attached hydrogens (tertiary/aromatic N) is 2. The molecule has 1 N–H and O–H groups in total. The molecule has 25 heavy (non-hydrogen) atoms. The molecular formula is C20H25N3O2. The van der Waals surface area contributed by atoms with Gasteiger partial charge in [0.15, 0.2) is 0 Å². The molecule has 1 aliphatic heterocycles. The number of likely N-dealkylation sites (tertiary alicyclic amines) is 1. The molecule has 1 saturated heterocycles. The fourth-order valence-electron chi connectivity index (χ4n) is 5.24. The van der Waals surface area contributed by atoms with Crippen LogP contribution >= 0.6 is 0 Å². The first kappa shape index (κ1) is 15.2. The molecule has 2 aliphatic carbocycles. The van der Waals surface area contributed by atoms with Crippen LogP contribution < -0.4 is 5.69 Å². The first-order valence-electron chi connectivity index (χ1n) is 9.68. The van der Waals surface area contributed by atoms with Gasteiger partial charge in [-0.15, -0.1) is 0 Å². The van der Waals surface area contributed by atoms with E-state index in [1.54, 1.807) is 0 Å². The Hall–Kier alpha value is -2.04. The normalized spacial score (nSPS) is 29.1. The van der Waals surface area contributed by atoms with Crippen molar-refractivity contribution in [3.05, 3.63) is 34.7 Å². The molecule has 1 amide bonds. The summed E-state index contributed by atoms with van der Waals surface area (Å²) in [5.41, 5.74) is 1.84. The molecule has 2 heterocycles. The van der Waals surface area contributed by atoms with Gasteiger partial charge in [0.05, 0.1) is 11.0 Å². The molecule has 3 unspecified atom stereocenters. The zero-order chi connectivity index (χ0) is 17.0. The molecule has 3 atom stereocenters. The lowest BCUT2D eigenvalue weighted by molar-refractivity contribution is -0.133. The molecule has 3 aliphatic rings. The van der Waals surface area contributed by atoms with E-state index < -0.39 is 0 Å². The van der Waals surface area contributed by atoms with E-state index in [9.17, 15) is 9.59 Å². The first-order valence-corrected chi connectivity index (χ1v) is 9.68. The fourth-order valence-corrected chi connectivity index (χ4v) is 5.24. The van der Waals surface area contributed by atoms with Crippen LogP contribution in [0.4, 0.5) is 0 Å². The Balaban J connectivity index is 1.25. The van der Waals surface area contributed by atoms with Crippen LogP contribution in [-0.2, 0) is 4.79 Å². The number of aromatic nitrogens is 2. The molecule has 3 fully saturated rings. The highest BCUT2D eigenvalue weighted by Gasteiger charge is 2.48. The number of aromatic amines is 1. The van der Waals surface area contributed by atoms with E-state index in [4.69, 9.17) is 0 Å². The van der Waals surface area contributed by atoms with Gasteiger partial charge in [0.25, 0.3) is 0 Å². The van der Waals surface area contributed by atoms with Crippen molar-refractivity contribution in [3.8, 4) is 0 Å². The number of para-hydroxylation sites is 2. The Labute approximate surface area is 147 Å². The topological polar surface area (TPSA) is 58.1 Å². The molecule has 0 radical (unpaired) electrons. The molecule has 5 nitrogen and oxygen atoms in total. The minimum atomic E-state index is -0.0308. The van der Waals surface area contributed by atoms with Gasteiger partial charge in [-0.1, -0.05) is 12.1 Å². The van der Waals surface area contributed by atoms with Crippen LogP contribution in [0.3, 0.4) is 0 Å². The van der Waals surface area contributed by atoms with Gasteiger partial charge >= 0.3 is 5.69 Å². The second-order valence-electron chi connectivity index (χ2n) is 8.13. The maximum Gasteiger partial charge on any atom is 0.326 e. The van der Waals surface area contributed by atoms with Crippen molar-refractivity contribution in [1.82, 2.24) is 14.5 Å². The molecule has 2 saturated carbocycles. The predicted octanol–water partition coefficient (Wildman–Crippen LogP) is 2.93. The molecule has 1 aromatic heterocycles.